The van der Waals surface area contributed by atoms with Gasteiger partial charge in [0.05, 0.1) is 22.8 Å². The Bertz CT molecular complexity index is 662. The van der Waals surface area contributed by atoms with Crippen molar-refractivity contribution in [2.75, 3.05) is 0 Å². The zero-order valence-corrected chi connectivity index (χ0v) is 14.6. The number of aryl methyl sites for hydroxylation is 1. The van der Waals surface area contributed by atoms with Gasteiger partial charge in [-0.1, -0.05) is 0 Å². The average molecular weight is 336 g/mol. The summed E-state index contributed by atoms with van der Waals surface area (Å²) < 4.78 is 0. The zero-order valence-electron chi connectivity index (χ0n) is 12.9. The number of nitrogens with one attached hydrogen (secondary N) is 2. The maximum atomic E-state index is 12.1. The van der Waals surface area contributed by atoms with E-state index in [1.165, 1.54) is 17.8 Å². The van der Waals surface area contributed by atoms with E-state index in [1.807, 2.05) is 32.3 Å². The summed E-state index contributed by atoms with van der Waals surface area (Å²) in [5, 5.41) is 10.0. The molecule has 0 radical (unpaired) electrons. The van der Waals surface area contributed by atoms with E-state index < -0.39 is 0 Å². The fraction of sp³-hybridized carbons (Fsp3) is 0.533. The first-order valence-corrected chi connectivity index (χ1v) is 9.17. The van der Waals surface area contributed by atoms with Crippen LogP contribution in [0.5, 0.6) is 0 Å². The van der Waals surface area contributed by atoms with Crippen LogP contribution in [0.25, 0.3) is 0 Å². The second kappa shape index (κ2) is 6.34. The van der Waals surface area contributed by atoms with E-state index in [1.54, 1.807) is 22.7 Å². The second-order valence-electron chi connectivity index (χ2n) is 5.76. The quantitative estimate of drug-likeness (QED) is 0.870. The highest BCUT2D eigenvalue weighted by atomic mass is 32.1. The summed E-state index contributed by atoms with van der Waals surface area (Å²) in [7, 11) is 0. The molecule has 2 heterocycles. The van der Waals surface area contributed by atoms with Gasteiger partial charge in [0, 0.05) is 22.4 Å². The van der Waals surface area contributed by atoms with E-state index in [0.29, 0.717) is 5.92 Å². The molecule has 2 aromatic heterocycles. The van der Waals surface area contributed by atoms with Gasteiger partial charge in [-0.15, -0.1) is 22.7 Å². The van der Waals surface area contributed by atoms with Crippen molar-refractivity contribution in [3.63, 3.8) is 0 Å². The van der Waals surface area contributed by atoms with Gasteiger partial charge < -0.3 is 10.6 Å². The van der Waals surface area contributed by atoms with Gasteiger partial charge in [-0.05, 0) is 33.6 Å². The molecule has 0 bridgehead atoms. The molecule has 22 heavy (non-hydrogen) atoms. The normalized spacial score (nSPS) is 17.0. The van der Waals surface area contributed by atoms with E-state index in [4.69, 9.17) is 0 Å². The Hall–Kier alpha value is -1.47. The number of carbonyl (C=O) groups excluding carboxylic acids is 1. The second-order valence-corrected chi connectivity index (χ2v) is 7.91. The Morgan fingerprint density at radius 1 is 1.32 bits per heavy atom. The zero-order chi connectivity index (χ0) is 15.7. The highest BCUT2D eigenvalue weighted by Gasteiger charge is 2.27. The standard InChI is InChI=1S/C15H20N4OS2/c1-8-6-16-13(22-8)10(3)18-15(20)17-9(2)12-7-21-14(19-12)11-4-5-11/h6-7,9-11H,4-5H2,1-3H3,(H2,17,18,20)/t9-,10+/m1/s1. The lowest BCUT2D eigenvalue weighted by Gasteiger charge is -2.15. The molecule has 1 saturated carbocycles. The molecule has 2 aromatic rings. The third-order valence-electron chi connectivity index (χ3n) is 3.61. The van der Waals surface area contributed by atoms with Crippen LogP contribution in [0.3, 0.4) is 0 Å². The number of amides is 2. The van der Waals surface area contributed by atoms with Crippen molar-refractivity contribution in [3.8, 4) is 0 Å². The Balaban J connectivity index is 1.53. The van der Waals surface area contributed by atoms with Crippen molar-refractivity contribution in [1.82, 2.24) is 20.6 Å². The van der Waals surface area contributed by atoms with E-state index in [0.717, 1.165) is 15.6 Å². The lowest BCUT2D eigenvalue weighted by atomic mass is 10.2. The molecule has 3 rings (SSSR count). The number of nitrogens with zero attached hydrogens (tertiary/aromatic N) is 2. The SMILES string of the molecule is Cc1cnc([C@H](C)NC(=O)N[C@H](C)c2csc(C3CC3)n2)s1. The summed E-state index contributed by atoms with van der Waals surface area (Å²) in [5.74, 6) is 0.660. The third kappa shape index (κ3) is 3.64. The maximum Gasteiger partial charge on any atom is 0.315 e. The van der Waals surface area contributed by atoms with Gasteiger partial charge in [-0.2, -0.15) is 0 Å². The van der Waals surface area contributed by atoms with Crippen LogP contribution in [0.15, 0.2) is 11.6 Å². The van der Waals surface area contributed by atoms with Gasteiger partial charge >= 0.3 is 6.03 Å². The summed E-state index contributed by atoms with van der Waals surface area (Å²) in [6.45, 7) is 5.91. The Morgan fingerprint density at radius 2 is 2.05 bits per heavy atom. The molecular weight excluding hydrogens is 316 g/mol. The fourth-order valence-electron chi connectivity index (χ4n) is 2.16. The number of thiazole rings is 2. The molecule has 1 aliphatic rings. The highest BCUT2D eigenvalue weighted by Crippen LogP contribution is 2.41. The first kappa shape index (κ1) is 15.4. The smallest absolute Gasteiger partial charge is 0.315 e. The minimum atomic E-state index is -0.186. The van der Waals surface area contributed by atoms with Crippen molar-refractivity contribution >= 4 is 28.7 Å². The molecular formula is C15H20N4OS2. The van der Waals surface area contributed by atoms with Crippen molar-refractivity contribution in [2.24, 2.45) is 0 Å². The molecule has 0 saturated heterocycles. The third-order valence-corrected chi connectivity index (χ3v) is 5.74. The predicted octanol–water partition coefficient (Wildman–Crippen LogP) is 3.91. The van der Waals surface area contributed by atoms with Crippen LogP contribution >= 0.6 is 22.7 Å². The summed E-state index contributed by atoms with van der Waals surface area (Å²) in [5.41, 5.74) is 0.944. The first-order valence-electron chi connectivity index (χ1n) is 7.47. The number of carbonyl (C=O) groups is 1. The van der Waals surface area contributed by atoms with Crippen molar-refractivity contribution in [2.45, 2.75) is 51.6 Å². The number of rotatable bonds is 5. The van der Waals surface area contributed by atoms with Gasteiger partial charge in [0.25, 0.3) is 0 Å². The fourth-order valence-corrected chi connectivity index (χ4v) is 4.02. The lowest BCUT2D eigenvalue weighted by Crippen LogP contribution is -2.38. The number of aromatic nitrogens is 2. The van der Waals surface area contributed by atoms with E-state index in [-0.39, 0.29) is 18.1 Å². The van der Waals surface area contributed by atoms with Crippen LogP contribution in [0.2, 0.25) is 0 Å². The van der Waals surface area contributed by atoms with Gasteiger partial charge in [-0.25, -0.2) is 14.8 Å². The predicted molar refractivity (Wildman–Crippen MR) is 89.4 cm³/mol. The minimum Gasteiger partial charge on any atom is -0.330 e. The molecule has 5 nitrogen and oxygen atoms in total. The molecule has 2 amide bonds. The van der Waals surface area contributed by atoms with Crippen LogP contribution in [-0.2, 0) is 0 Å². The van der Waals surface area contributed by atoms with Gasteiger partial charge in [0.1, 0.15) is 5.01 Å². The average Bonchev–Trinajstić information content (AvgIpc) is 3.02. The van der Waals surface area contributed by atoms with Crippen molar-refractivity contribution in [1.29, 1.82) is 0 Å². The van der Waals surface area contributed by atoms with Crippen LogP contribution in [0.1, 0.15) is 65.3 Å². The molecule has 2 atom stereocenters. The largest absolute Gasteiger partial charge is 0.330 e. The highest BCUT2D eigenvalue weighted by molar-refractivity contribution is 7.11. The van der Waals surface area contributed by atoms with Crippen LogP contribution in [-0.4, -0.2) is 16.0 Å². The molecule has 0 aliphatic heterocycles. The summed E-state index contributed by atoms with van der Waals surface area (Å²) in [4.78, 5) is 22.2. The van der Waals surface area contributed by atoms with E-state index in [2.05, 4.69) is 20.6 Å². The number of hydrogen-bond acceptors (Lipinski definition) is 5. The van der Waals surface area contributed by atoms with Gasteiger partial charge in [-0.3, -0.25) is 0 Å². The summed E-state index contributed by atoms with van der Waals surface area (Å²) in [6, 6.07) is -0.369. The first-order chi connectivity index (χ1) is 10.5. The van der Waals surface area contributed by atoms with Crippen LogP contribution in [0, 0.1) is 6.92 Å². The number of urea groups is 1. The monoisotopic (exact) mass is 336 g/mol. The van der Waals surface area contributed by atoms with Gasteiger partial charge in [0.15, 0.2) is 0 Å². The molecule has 0 spiro atoms. The van der Waals surface area contributed by atoms with Crippen LogP contribution < -0.4 is 10.6 Å². The van der Waals surface area contributed by atoms with Crippen LogP contribution in [0.4, 0.5) is 4.79 Å². The lowest BCUT2D eigenvalue weighted by molar-refractivity contribution is 0.234. The molecule has 118 valence electrons. The minimum absolute atomic E-state index is 0.0889. The van der Waals surface area contributed by atoms with Gasteiger partial charge in [0.2, 0.25) is 0 Å². The van der Waals surface area contributed by atoms with Crippen molar-refractivity contribution in [3.05, 3.63) is 32.2 Å². The Morgan fingerprint density at radius 3 is 2.68 bits per heavy atom. The number of hydrogen-bond donors (Lipinski definition) is 2. The van der Waals surface area contributed by atoms with E-state index in [9.17, 15) is 4.79 Å². The topological polar surface area (TPSA) is 66.9 Å². The Labute approximate surface area is 138 Å². The molecule has 7 heteroatoms. The Kier molecular flexibility index (Phi) is 4.44. The summed E-state index contributed by atoms with van der Waals surface area (Å²) in [6.07, 6.45) is 4.33. The van der Waals surface area contributed by atoms with Crippen molar-refractivity contribution < 1.29 is 4.79 Å². The maximum absolute atomic E-state index is 12.1. The van der Waals surface area contributed by atoms with E-state index >= 15 is 0 Å². The summed E-state index contributed by atoms with van der Waals surface area (Å²) >= 11 is 3.30. The molecule has 0 aromatic carbocycles. The molecule has 2 N–H and O–H groups in total. The molecule has 1 aliphatic carbocycles. The molecule has 0 unspecified atom stereocenters. The molecule has 1 fully saturated rings.